The highest BCUT2D eigenvalue weighted by Crippen LogP contribution is 2.31. The van der Waals surface area contributed by atoms with E-state index in [4.69, 9.17) is 9.84 Å². The molecule has 0 amide bonds. The Morgan fingerprint density at radius 3 is 2.58 bits per heavy atom. The molecular formula is C23H22N4O3S. The van der Waals surface area contributed by atoms with Gasteiger partial charge in [0.2, 0.25) is 0 Å². The van der Waals surface area contributed by atoms with Crippen LogP contribution < -0.4 is 10.1 Å². The fourth-order valence-corrected chi connectivity index (χ4v) is 3.84. The van der Waals surface area contributed by atoms with Gasteiger partial charge in [0.15, 0.2) is 5.13 Å². The Hall–Kier alpha value is -3.52. The maximum absolute atomic E-state index is 11.2. The lowest BCUT2D eigenvalue weighted by atomic mass is 9.95. The molecule has 0 aliphatic rings. The van der Waals surface area contributed by atoms with Gasteiger partial charge in [-0.05, 0) is 56.2 Å². The number of carbonyl (C=O) groups is 1. The molecule has 0 saturated carbocycles. The zero-order valence-corrected chi connectivity index (χ0v) is 18.2. The summed E-state index contributed by atoms with van der Waals surface area (Å²) in [5.74, 6) is -0.931. The van der Waals surface area contributed by atoms with E-state index < -0.39 is 11.4 Å². The summed E-state index contributed by atoms with van der Waals surface area (Å²) < 4.78 is 6.59. The Morgan fingerprint density at radius 1 is 1.16 bits per heavy atom. The van der Waals surface area contributed by atoms with Crippen LogP contribution in [0.4, 0.5) is 10.8 Å². The predicted molar refractivity (Wildman–Crippen MR) is 122 cm³/mol. The number of thiazole rings is 1. The minimum atomic E-state index is -1.01. The molecule has 8 heteroatoms. The average Bonchev–Trinajstić information content (AvgIpc) is 3.15. The van der Waals surface area contributed by atoms with Crippen LogP contribution in [-0.2, 0) is 4.79 Å². The lowest BCUT2D eigenvalue weighted by molar-refractivity contribution is -0.148. The van der Waals surface area contributed by atoms with Crippen molar-refractivity contribution in [3.63, 3.8) is 0 Å². The highest BCUT2D eigenvalue weighted by atomic mass is 32.1. The van der Waals surface area contributed by atoms with Gasteiger partial charge in [-0.2, -0.15) is 0 Å². The van der Waals surface area contributed by atoms with Gasteiger partial charge in [-0.25, -0.2) is 15.0 Å². The van der Waals surface area contributed by atoms with Gasteiger partial charge in [0.05, 0.1) is 15.6 Å². The number of aryl methyl sites for hydroxylation is 1. The quantitative estimate of drug-likeness (QED) is 0.408. The van der Waals surface area contributed by atoms with Crippen molar-refractivity contribution in [3.05, 3.63) is 60.4 Å². The number of carboxylic acids is 1. The maximum Gasteiger partial charge on any atom is 0.316 e. The molecule has 4 rings (SSSR count). The van der Waals surface area contributed by atoms with Gasteiger partial charge in [-0.1, -0.05) is 29.5 Å². The van der Waals surface area contributed by atoms with E-state index in [2.05, 4.69) is 32.4 Å². The Bertz CT molecular complexity index is 1200. The number of carboxylic acid groups (broad SMARTS) is 1. The van der Waals surface area contributed by atoms with E-state index in [0.29, 0.717) is 0 Å². The maximum atomic E-state index is 11.2. The molecule has 0 unspecified atom stereocenters. The zero-order chi connectivity index (χ0) is 22.0. The van der Waals surface area contributed by atoms with E-state index in [1.165, 1.54) is 0 Å². The summed E-state index contributed by atoms with van der Waals surface area (Å²) in [6.07, 6.45) is 3.36. The minimum Gasteiger partial charge on any atom is -0.481 e. The van der Waals surface area contributed by atoms with E-state index in [1.807, 2.05) is 37.3 Å². The molecule has 2 N–H and O–H groups in total. The zero-order valence-electron chi connectivity index (χ0n) is 17.4. The van der Waals surface area contributed by atoms with Crippen molar-refractivity contribution >= 4 is 38.3 Å². The smallest absolute Gasteiger partial charge is 0.316 e. The molecule has 2 aromatic carbocycles. The van der Waals surface area contributed by atoms with Crippen molar-refractivity contribution in [1.82, 2.24) is 15.0 Å². The molecule has 31 heavy (non-hydrogen) atoms. The number of nitrogens with zero attached hydrogens (tertiary/aromatic N) is 3. The fourth-order valence-electron chi connectivity index (χ4n) is 2.95. The first kappa shape index (κ1) is 20.7. The fraction of sp³-hybridized carbons (Fsp3) is 0.217. The Morgan fingerprint density at radius 2 is 1.90 bits per heavy atom. The van der Waals surface area contributed by atoms with Gasteiger partial charge in [0, 0.05) is 23.6 Å². The van der Waals surface area contributed by atoms with E-state index in [-0.39, 0.29) is 12.6 Å². The van der Waals surface area contributed by atoms with Crippen LogP contribution in [0.2, 0.25) is 0 Å². The van der Waals surface area contributed by atoms with Crippen molar-refractivity contribution in [2.24, 2.45) is 5.41 Å². The molecule has 158 valence electrons. The van der Waals surface area contributed by atoms with Crippen LogP contribution in [0.15, 0.2) is 54.9 Å². The van der Waals surface area contributed by atoms with Gasteiger partial charge in [-0.3, -0.25) is 4.79 Å². The third-order valence-electron chi connectivity index (χ3n) is 4.85. The van der Waals surface area contributed by atoms with Crippen molar-refractivity contribution in [1.29, 1.82) is 0 Å². The first-order chi connectivity index (χ1) is 14.8. The molecule has 0 bridgehead atoms. The second-order valence-corrected chi connectivity index (χ2v) is 8.90. The van der Waals surface area contributed by atoms with Gasteiger partial charge in [-0.15, -0.1) is 0 Å². The number of para-hydroxylation sites is 1. The number of ether oxygens (including phenoxy) is 1. The van der Waals surface area contributed by atoms with E-state index >= 15 is 0 Å². The number of aromatic nitrogens is 3. The molecule has 2 heterocycles. The second kappa shape index (κ2) is 8.31. The van der Waals surface area contributed by atoms with Crippen LogP contribution in [0, 0.1) is 12.3 Å². The molecule has 0 atom stereocenters. The van der Waals surface area contributed by atoms with E-state index in [0.717, 1.165) is 37.7 Å². The van der Waals surface area contributed by atoms with E-state index in [9.17, 15) is 4.79 Å². The van der Waals surface area contributed by atoms with Crippen LogP contribution in [0.5, 0.6) is 6.01 Å². The Balaban J connectivity index is 1.47. The van der Waals surface area contributed by atoms with Gasteiger partial charge < -0.3 is 15.2 Å². The number of hydrogen-bond acceptors (Lipinski definition) is 7. The van der Waals surface area contributed by atoms with E-state index in [1.54, 1.807) is 37.6 Å². The highest BCUT2D eigenvalue weighted by molar-refractivity contribution is 7.22. The van der Waals surface area contributed by atoms with Crippen molar-refractivity contribution in [3.8, 4) is 17.1 Å². The lowest BCUT2D eigenvalue weighted by Crippen LogP contribution is -2.31. The standard InChI is InChI=1S/C23H22N4O3S/c1-14-10-16(26-22-27-18-6-4-5-7-19(18)31-22)8-9-17(14)15-11-24-21(25-12-15)30-13-23(2,3)20(28)29/h4-12H,13H2,1-3H3,(H,26,27)(H,28,29). The minimum absolute atomic E-state index is 0.00710. The molecule has 0 aliphatic heterocycles. The molecule has 0 aliphatic carbocycles. The first-order valence-electron chi connectivity index (χ1n) is 9.74. The normalized spacial score (nSPS) is 11.5. The van der Waals surface area contributed by atoms with Gasteiger partial charge >= 0.3 is 12.0 Å². The number of rotatable bonds is 7. The van der Waals surface area contributed by atoms with Gasteiger partial charge in [0.1, 0.15) is 6.61 Å². The number of nitrogens with one attached hydrogen (secondary N) is 1. The number of benzene rings is 2. The summed E-state index contributed by atoms with van der Waals surface area (Å²) in [4.78, 5) is 24.2. The molecule has 4 aromatic rings. The lowest BCUT2D eigenvalue weighted by Gasteiger charge is -2.18. The van der Waals surface area contributed by atoms with Crippen molar-refractivity contribution in [2.45, 2.75) is 20.8 Å². The van der Waals surface area contributed by atoms with Crippen LogP contribution in [0.25, 0.3) is 21.3 Å². The summed E-state index contributed by atoms with van der Waals surface area (Å²) in [5.41, 5.74) is 3.85. The molecule has 0 spiro atoms. The third-order valence-corrected chi connectivity index (χ3v) is 5.80. The largest absolute Gasteiger partial charge is 0.481 e. The molecule has 0 fully saturated rings. The average molecular weight is 435 g/mol. The Labute approximate surface area is 183 Å². The predicted octanol–water partition coefficient (Wildman–Crippen LogP) is 5.29. The number of aliphatic carboxylic acids is 1. The summed E-state index contributed by atoms with van der Waals surface area (Å²) in [6, 6.07) is 14.3. The van der Waals surface area contributed by atoms with Crippen LogP contribution in [0.1, 0.15) is 19.4 Å². The van der Waals surface area contributed by atoms with Crippen LogP contribution in [0.3, 0.4) is 0 Å². The SMILES string of the molecule is Cc1cc(Nc2nc3ccccc3s2)ccc1-c1cnc(OCC(C)(C)C(=O)O)nc1. The van der Waals surface area contributed by atoms with Crippen LogP contribution in [-0.4, -0.2) is 32.6 Å². The second-order valence-electron chi connectivity index (χ2n) is 7.87. The summed E-state index contributed by atoms with van der Waals surface area (Å²) in [6.45, 7) is 5.21. The highest BCUT2D eigenvalue weighted by Gasteiger charge is 2.28. The molecule has 7 nitrogen and oxygen atoms in total. The summed E-state index contributed by atoms with van der Waals surface area (Å²) >= 11 is 1.62. The molecule has 2 aromatic heterocycles. The number of hydrogen-bond donors (Lipinski definition) is 2. The number of fused-ring (bicyclic) bond motifs is 1. The monoisotopic (exact) mass is 434 g/mol. The van der Waals surface area contributed by atoms with Gasteiger partial charge in [0.25, 0.3) is 0 Å². The molecular weight excluding hydrogens is 412 g/mol. The third kappa shape index (κ3) is 4.64. The topological polar surface area (TPSA) is 97.2 Å². The molecule has 0 saturated heterocycles. The van der Waals surface area contributed by atoms with Crippen molar-refractivity contribution < 1.29 is 14.6 Å². The first-order valence-corrected chi connectivity index (χ1v) is 10.6. The summed E-state index contributed by atoms with van der Waals surface area (Å²) in [5, 5.41) is 13.4. The Kier molecular flexibility index (Phi) is 5.56. The summed E-state index contributed by atoms with van der Waals surface area (Å²) in [7, 11) is 0. The van der Waals surface area contributed by atoms with Crippen LogP contribution >= 0.6 is 11.3 Å². The number of anilines is 2. The van der Waals surface area contributed by atoms with Crippen molar-refractivity contribution in [2.75, 3.05) is 11.9 Å². The molecule has 0 radical (unpaired) electrons.